The van der Waals surface area contributed by atoms with Crippen LogP contribution in [-0.2, 0) is 14.8 Å². The first kappa shape index (κ1) is 13.8. The molecule has 0 aliphatic carbocycles. The van der Waals surface area contributed by atoms with Gasteiger partial charge in [0.15, 0.2) is 0 Å². The smallest absolute Gasteiger partial charge is 0.306 e. The number of aromatic nitrogens is 1. The molecule has 0 amide bonds. The summed E-state index contributed by atoms with van der Waals surface area (Å²) in [7, 11) is -3.85. The summed E-state index contributed by atoms with van der Waals surface area (Å²) >= 11 is 0. The largest absolute Gasteiger partial charge is 0.481 e. The van der Waals surface area contributed by atoms with Crippen molar-refractivity contribution in [2.45, 2.75) is 17.7 Å². The van der Waals surface area contributed by atoms with Crippen LogP contribution in [0.3, 0.4) is 0 Å². The highest BCUT2D eigenvalue weighted by atomic mass is 32.2. The van der Waals surface area contributed by atoms with Gasteiger partial charge < -0.3 is 10.1 Å². The van der Waals surface area contributed by atoms with Gasteiger partial charge in [0.2, 0.25) is 10.0 Å². The molecule has 7 nitrogen and oxygen atoms in total. The Morgan fingerprint density at radius 1 is 1.37 bits per heavy atom. The summed E-state index contributed by atoms with van der Waals surface area (Å²) in [5, 5.41) is 8.87. The van der Waals surface area contributed by atoms with E-state index in [0.29, 0.717) is 0 Å². The van der Waals surface area contributed by atoms with Crippen LogP contribution in [0, 0.1) is 5.92 Å². The Bertz CT molecular complexity index is 628. The third-order valence-corrected chi connectivity index (χ3v) is 5.13. The Morgan fingerprint density at radius 3 is 2.53 bits per heavy atom. The summed E-state index contributed by atoms with van der Waals surface area (Å²) in [5.41, 5.74) is -0.664. The highest BCUT2D eigenvalue weighted by molar-refractivity contribution is 7.89. The van der Waals surface area contributed by atoms with Gasteiger partial charge in [0, 0.05) is 19.3 Å². The molecular formula is C11H14N2O5S. The van der Waals surface area contributed by atoms with Gasteiger partial charge in [-0.05, 0) is 25.0 Å². The molecule has 0 spiro atoms. The van der Waals surface area contributed by atoms with Crippen molar-refractivity contribution in [1.29, 1.82) is 0 Å². The van der Waals surface area contributed by atoms with Crippen molar-refractivity contribution in [3.63, 3.8) is 0 Å². The number of aromatic amines is 1. The maximum absolute atomic E-state index is 12.2. The van der Waals surface area contributed by atoms with E-state index in [1.165, 1.54) is 18.3 Å². The van der Waals surface area contributed by atoms with Gasteiger partial charge in [-0.25, -0.2) is 8.42 Å². The summed E-state index contributed by atoms with van der Waals surface area (Å²) in [5.74, 6) is -1.42. The topological polar surface area (TPSA) is 108 Å². The van der Waals surface area contributed by atoms with Crippen molar-refractivity contribution < 1.29 is 18.3 Å². The number of carbonyl (C=O) groups is 1. The van der Waals surface area contributed by atoms with E-state index in [1.807, 2.05) is 0 Å². The minimum atomic E-state index is -3.85. The minimum absolute atomic E-state index is 0.119. The Labute approximate surface area is 109 Å². The first-order valence-corrected chi connectivity index (χ1v) is 7.27. The van der Waals surface area contributed by atoms with Gasteiger partial charge in [0.1, 0.15) is 4.90 Å². The zero-order chi connectivity index (χ0) is 14.0. The van der Waals surface area contributed by atoms with E-state index < -0.39 is 27.5 Å². The van der Waals surface area contributed by atoms with Gasteiger partial charge in [-0.15, -0.1) is 0 Å². The number of sulfonamides is 1. The van der Waals surface area contributed by atoms with Crippen LogP contribution in [0.15, 0.2) is 28.0 Å². The molecule has 19 heavy (non-hydrogen) atoms. The summed E-state index contributed by atoms with van der Waals surface area (Å²) in [4.78, 5) is 24.4. The Kier molecular flexibility index (Phi) is 3.72. The molecule has 104 valence electrons. The first-order valence-electron chi connectivity index (χ1n) is 5.83. The monoisotopic (exact) mass is 286 g/mol. The Morgan fingerprint density at radius 2 is 2.00 bits per heavy atom. The molecule has 1 aliphatic heterocycles. The normalized spacial score (nSPS) is 18.3. The number of carboxylic acids is 1. The van der Waals surface area contributed by atoms with Gasteiger partial charge in [-0.2, -0.15) is 4.31 Å². The van der Waals surface area contributed by atoms with Crippen LogP contribution in [0.2, 0.25) is 0 Å². The summed E-state index contributed by atoms with van der Waals surface area (Å²) < 4.78 is 25.6. The van der Waals surface area contributed by atoms with Crippen LogP contribution < -0.4 is 5.56 Å². The number of hydrogen-bond acceptors (Lipinski definition) is 4. The SMILES string of the molecule is O=C(O)C1CCN(S(=O)(=O)c2ccc[nH]c2=O)CC1. The van der Waals surface area contributed by atoms with Gasteiger partial charge in [0.25, 0.3) is 5.56 Å². The van der Waals surface area contributed by atoms with Crippen LogP contribution in [-0.4, -0.2) is 41.9 Å². The third-order valence-electron chi connectivity index (χ3n) is 3.20. The number of aliphatic carboxylic acids is 1. The van der Waals surface area contributed by atoms with Crippen LogP contribution in [0.4, 0.5) is 0 Å². The molecule has 2 rings (SSSR count). The molecular weight excluding hydrogens is 272 g/mol. The van der Waals surface area contributed by atoms with E-state index in [0.717, 1.165) is 4.31 Å². The van der Waals surface area contributed by atoms with E-state index in [2.05, 4.69) is 4.98 Å². The second-order valence-corrected chi connectivity index (χ2v) is 6.29. The van der Waals surface area contributed by atoms with Crippen molar-refractivity contribution in [2.75, 3.05) is 13.1 Å². The Balaban J connectivity index is 2.22. The second kappa shape index (κ2) is 5.14. The van der Waals surface area contributed by atoms with Gasteiger partial charge in [-0.3, -0.25) is 9.59 Å². The number of carboxylic acid groups (broad SMARTS) is 1. The fourth-order valence-electron chi connectivity index (χ4n) is 2.09. The van der Waals surface area contributed by atoms with E-state index in [1.54, 1.807) is 0 Å². The molecule has 1 aromatic rings. The molecule has 1 aromatic heterocycles. The third kappa shape index (κ3) is 2.69. The number of rotatable bonds is 3. The average molecular weight is 286 g/mol. The fraction of sp³-hybridized carbons (Fsp3) is 0.455. The maximum Gasteiger partial charge on any atom is 0.306 e. The van der Waals surface area contributed by atoms with E-state index in [4.69, 9.17) is 5.11 Å². The molecule has 8 heteroatoms. The molecule has 0 atom stereocenters. The molecule has 2 N–H and O–H groups in total. The van der Waals surface area contributed by atoms with Crippen LogP contribution in [0.5, 0.6) is 0 Å². The fourth-order valence-corrected chi connectivity index (χ4v) is 3.60. The average Bonchev–Trinajstić information content (AvgIpc) is 2.39. The first-order chi connectivity index (χ1) is 8.93. The lowest BCUT2D eigenvalue weighted by Crippen LogP contribution is -2.41. The van der Waals surface area contributed by atoms with E-state index in [-0.39, 0.29) is 30.8 Å². The van der Waals surface area contributed by atoms with E-state index in [9.17, 15) is 18.0 Å². The molecule has 0 saturated carbocycles. The lowest BCUT2D eigenvalue weighted by atomic mass is 9.99. The Hall–Kier alpha value is -1.67. The number of pyridine rings is 1. The minimum Gasteiger partial charge on any atom is -0.481 e. The molecule has 2 heterocycles. The second-order valence-electron chi connectivity index (χ2n) is 4.38. The highest BCUT2D eigenvalue weighted by Gasteiger charge is 2.33. The van der Waals surface area contributed by atoms with Crippen molar-refractivity contribution in [2.24, 2.45) is 5.92 Å². The van der Waals surface area contributed by atoms with Crippen LogP contribution in [0.25, 0.3) is 0 Å². The molecule has 0 bridgehead atoms. The number of nitrogens with one attached hydrogen (secondary N) is 1. The summed E-state index contributed by atoms with van der Waals surface area (Å²) in [6.07, 6.45) is 1.89. The van der Waals surface area contributed by atoms with Crippen LogP contribution >= 0.6 is 0 Å². The zero-order valence-corrected chi connectivity index (χ0v) is 10.9. The number of nitrogens with zero attached hydrogens (tertiary/aromatic N) is 1. The van der Waals surface area contributed by atoms with Gasteiger partial charge in [-0.1, -0.05) is 0 Å². The summed E-state index contributed by atoms with van der Waals surface area (Å²) in [6.45, 7) is 0.237. The highest BCUT2D eigenvalue weighted by Crippen LogP contribution is 2.22. The predicted molar refractivity (Wildman–Crippen MR) is 66.2 cm³/mol. The van der Waals surface area contributed by atoms with Crippen molar-refractivity contribution in [1.82, 2.24) is 9.29 Å². The van der Waals surface area contributed by atoms with Crippen molar-refractivity contribution >= 4 is 16.0 Å². The zero-order valence-electron chi connectivity index (χ0n) is 10.1. The lowest BCUT2D eigenvalue weighted by molar-refractivity contribution is -0.142. The number of piperidine rings is 1. The van der Waals surface area contributed by atoms with Gasteiger partial charge in [0.05, 0.1) is 5.92 Å². The molecule has 0 unspecified atom stereocenters. The van der Waals surface area contributed by atoms with Crippen molar-refractivity contribution in [3.8, 4) is 0 Å². The maximum atomic E-state index is 12.2. The molecule has 1 saturated heterocycles. The lowest BCUT2D eigenvalue weighted by Gasteiger charge is -2.28. The molecule has 1 aliphatic rings. The molecule has 0 aromatic carbocycles. The number of H-pyrrole nitrogens is 1. The number of hydrogen-bond donors (Lipinski definition) is 2. The van der Waals surface area contributed by atoms with Crippen LogP contribution in [0.1, 0.15) is 12.8 Å². The molecule has 1 fully saturated rings. The summed E-state index contributed by atoms with van der Waals surface area (Å²) in [6, 6.07) is 2.69. The predicted octanol–water partition coefficient (Wildman–Crippen LogP) is -0.140. The van der Waals surface area contributed by atoms with Crippen molar-refractivity contribution in [3.05, 3.63) is 28.7 Å². The molecule has 0 radical (unpaired) electrons. The quantitative estimate of drug-likeness (QED) is 0.804. The standard InChI is InChI=1S/C11H14N2O5S/c14-10-9(2-1-5-12-10)19(17,18)13-6-3-8(4-7-13)11(15)16/h1-2,5,8H,3-4,6-7H2,(H,12,14)(H,15,16). The van der Waals surface area contributed by atoms with E-state index >= 15 is 0 Å². The van der Waals surface area contributed by atoms with Gasteiger partial charge >= 0.3 is 5.97 Å².